The zero-order chi connectivity index (χ0) is 21.5. The zero-order valence-corrected chi connectivity index (χ0v) is 15.3. The van der Waals surface area contributed by atoms with E-state index in [4.69, 9.17) is 0 Å². The summed E-state index contributed by atoms with van der Waals surface area (Å²) in [5, 5.41) is 21.7. The summed E-state index contributed by atoms with van der Waals surface area (Å²) in [7, 11) is 0. The van der Waals surface area contributed by atoms with Gasteiger partial charge in [-0.05, 0) is 38.1 Å². The number of ketones is 1. The summed E-state index contributed by atoms with van der Waals surface area (Å²) in [6.45, 7) is 2.44. The van der Waals surface area contributed by atoms with Crippen molar-refractivity contribution in [2.45, 2.75) is 19.4 Å². The fourth-order valence-corrected chi connectivity index (χ4v) is 3.04. The Hall–Kier alpha value is -4.15. The average Bonchev–Trinajstić information content (AvgIpc) is 2.88. The topological polar surface area (TPSA) is 144 Å². The highest BCUT2D eigenvalue weighted by atomic mass is 16.6. The lowest BCUT2D eigenvalue weighted by molar-refractivity contribution is -0.385. The highest BCUT2D eigenvalue weighted by molar-refractivity contribution is 6.37. The summed E-state index contributed by atoms with van der Waals surface area (Å²) >= 11 is 0. The second-order valence-corrected chi connectivity index (χ2v) is 6.43. The Balaban J connectivity index is 2.09. The molecule has 1 aliphatic rings. The summed E-state index contributed by atoms with van der Waals surface area (Å²) in [5.74, 6) is -1.44. The molecule has 2 aromatic rings. The van der Waals surface area contributed by atoms with E-state index >= 15 is 0 Å². The minimum Gasteiger partial charge on any atom is -0.297 e. The Kier molecular flexibility index (Phi) is 4.59. The Labute approximate surface area is 163 Å². The quantitative estimate of drug-likeness (QED) is 0.326. The van der Waals surface area contributed by atoms with Crippen LogP contribution in [0.15, 0.2) is 48.5 Å². The predicted molar refractivity (Wildman–Crippen MR) is 101 cm³/mol. The molecule has 11 nitrogen and oxygen atoms in total. The van der Waals surface area contributed by atoms with Crippen LogP contribution in [0.2, 0.25) is 0 Å². The third-order valence-corrected chi connectivity index (χ3v) is 4.77. The molecule has 0 N–H and O–H groups in total. The number of nitro groups is 2. The van der Waals surface area contributed by atoms with E-state index in [0.717, 1.165) is 41.0 Å². The maximum absolute atomic E-state index is 13.1. The van der Waals surface area contributed by atoms with Crippen LogP contribution in [0.5, 0.6) is 0 Å². The molecule has 0 spiro atoms. The van der Waals surface area contributed by atoms with Crippen LogP contribution in [-0.4, -0.2) is 33.1 Å². The van der Waals surface area contributed by atoms with E-state index in [9.17, 15) is 34.6 Å². The first-order valence-corrected chi connectivity index (χ1v) is 8.27. The lowest BCUT2D eigenvalue weighted by Crippen LogP contribution is -2.53. The Morgan fingerprint density at radius 3 is 1.66 bits per heavy atom. The number of amides is 3. The molecule has 29 heavy (non-hydrogen) atoms. The van der Waals surface area contributed by atoms with Crippen molar-refractivity contribution in [3.05, 3.63) is 68.8 Å². The molecule has 1 heterocycles. The van der Waals surface area contributed by atoms with E-state index in [0.29, 0.717) is 0 Å². The molecule has 148 valence electrons. The lowest BCUT2D eigenvalue weighted by Gasteiger charge is -2.29. The van der Waals surface area contributed by atoms with Gasteiger partial charge in [0.2, 0.25) is 0 Å². The van der Waals surface area contributed by atoms with Gasteiger partial charge in [0.15, 0.2) is 11.3 Å². The van der Waals surface area contributed by atoms with Gasteiger partial charge in [-0.15, -0.1) is 0 Å². The first-order valence-electron chi connectivity index (χ1n) is 8.27. The van der Waals surface area contributed by atoms with Gasteiger partial charge in [-0.1, -0.05) is 0 Å². The number of rotatable bonds is 5. The van der Waals surface area contributed by atoms with Gasteiger partial charge in [0.05, 0.1) is 15.5 Å². The summed E-state index contributed by atoms with van der Waals surface area (Å²) in [6.07, 6.45) is 0. The van der Waals surface area contributed by atoms with Crippen molar-refractivity contribution in [3.8, 4) is 0 Å². The number of Topliss-reactive ketones (excluding diaryl/α,β-unsaturated/α-hetero) is 1. The summed E-state index contributed by atoms with van der Waals surface area (Å²) in [5.41, 5.74) is -2.15. The number of hydrogen-bond acceptors (Lipinski definition) is 7. The van der Waals surface area contributed by atoms with Crippen molar-refractivity contribution in [2.75, 3.05) is 9.80 Å². The Morgan fingerprint density at radius 1 is 0.862 bits per heavy atom. The van der Waals surface area contributed by atoms with Crippen LogP contribution >= 0.6 is 0 Å². The largest absolute Gasteiger partial charge is 0.337 e. The van der Waals surface area contributed by atoms with E-state index < -0.39 is 33.1 Å². The van der Waals surface area contributed by atoms with Crippen LogP contribution in [-0.2, 0) is 9.59 Å². The second kappa shape index (κ2) is 6.78. The molecular formula is C18H14N4O7. The van der Waals surface area contributed by atoms with Crippen molar-refractivity contribution in [1.29, 1.82) is 0 Å². The van der Waals surface area contributed by atoms with Crippen LogP contribution in [0, 0.1) is 20.2 Å². The van der Waals surface area contributed by atoms with Crippen LogP contribution in [0.4, 0.5) is 27.5 Å². The first kappa shape index (κ1) is 19.6. The van der Waals surface area contributed by atoms with E-state index in [1.165, 1.54) is 31.2 Å². The fourth-order valence-electron chi connectivity index (χ4n) is 3.04. The van der Waals surface area contributed by atoms with Crippen molar-refractivity contribution >= 4 is 40.5 Å². The highest BCUT2D eigenvalue weighted by Crippen LogP contribution is 2.37. The van der Waals surface area contributed by atoms with Crippen molar-refractivity contribution in [3.63, 3.8) is 0 Å². The molecule has 0 aromatic heterocycles. The molecule has 11 heteroatoms. The van der Waals surface area contributed by atoms with Gasteiger partial charge in [-0.25, -0.2) is 9.69 Å². The van der Waals surface area contributed by atoms with Crippen LogP contribution < -0.4 is 9.80 Å². The van der Waals surface area contributed by atoms with Gasteiger partial charge in [0.25, 0.3) is 17.3 Å². The molecule has 0 aliphatic carbocycles. The number of hydrogen-bond donors (Lipinski definition) is 0. The van der Waals surface area contributed by atoms with Crippen LogP contribution in [0.1, 0.15) is 13.8 Å². The summed E-state index contributed by atoms with van der Waals surface area (Å²) < 4.78 is 0. The molecule has 0 bridgehead atoms. The maximum atomic E-state index is 13.1. The van der Waals surface area contributed by atoms with E-state index in [2.05, 4.69) is 0 Å². The summed E-state index contributed by atoms with van der Waals surface area (Å²) in [6, 6.07) is 8.72. The molecule has 1 fully saturated rings. The molecule has 1 atom stereocenters. The van der Waals surface area contributed by atoms with E-state index in [1.54, 1.807) is 0 Å². The Morgan fingerprint density at radius 2 is 1.28 bits per heavy atom. The predicted octanol–water partition coefficient (Wildman–Crippen LogP) is 2.82. The minimum absolute atomic E-state index is 0.0579. The van der Waals surface area contributed by atoms with Gasteiger partial charge in [0, 0.05) is 30.0 Å². The highest BCUT2D eigenvalue weighted by Gasteiger charge is 2.58. The summed E-state index contributed by atoms with van der Waals surface area (Å²) in [4.78, 5) is 60.7. The van der Waals surface area contributed by atoms with Gasteiger partial charge in [-0.2, -0.15) is 0 Å². The fraction of sp³-hybridized carbons (Fsp3) is 0.167. The minimum atomic E-state index is -1.88. The average molecular weight is 398 g/mol. The number of nitro benzene ring substituents is 2. The molecular weight excluding hydrogens is 384 g/mol. The number of urea groups is 1. The van der Waals surface area contributed by atoms with Crippen molar-refractivity contribution in [2.24, 2.45) is 0 Å². The van der Waals surface area contributed by atoms with E-state index in [1.807, 2.05) is 0 Å². The molecule has 2 aromatic carbocycles. The van der Waals surface area contributed by atoms with Gasteiger partial charge in [0.1, 0.15) is 0 Å². The number of benzene rings is 2. The second-order valence-electron chi connectivity index (χ2n) is 6.43. The van der Waals surface area contributed by atoms with Crippen LogP contribution in [0.25, 0.3) is 0 Å². The molecule has 1 aliphatic heterocycles. The number of non-ortho nitro benzene ring substituents is 2. The SMILES string of the molecule is CC(=O)C1(C)C(=O)N(c2ccc([N+](=O)[O-])cc2)C(=O)N1c1ccc([N+](=O)[O-])cc1. The molecule has 3 rings (SSSR count). The third-order valence-electron chi connectivity index (χ3n) is 4.77. The lowest BCUT2D eigenvalue weighted by atomic mass is 9.95. The normalized spacial score (nSPS) is 18.8. The van der Waals surface area contributed by atoms with Crippen molar-refractivity contribution < 1.29 is 24.2 Å². The molecule has 3 amide bonds. The smallest absolute Gasteiger partial charge is 0.297 e. The number of carbonyl (C=O) groups excluding carboxylic acids is 3. The van der Waals surface area contributed by atoms with Crippen LogP contribution in [0.3, 0.4) is 0 Å². The van der Waals surface area contributed by atoms with Gasteiger partial charge >= 0.3 is 6.03 Å². The first-order chi connectivity index (χ1) is 13.6. The molecule has 0 saturated carbocycles. The molecule has 1 saturated heterocycles. The number of anilines is 2. The molecule has 1 unspecified atom stereocenters. The van der Waals surface area contributed by atoms with Gasteiger partial charge in [-0.3, -0.25) is 34.7 Å². The van der Waals surface area contributed by atoms with Crippen molar-refractivity contribution in [1.82, 2.24) is 0 Å². The zero-order valence-electron chi connectivity index (χ0n) is 15.3. The number of nitrogens with zero attached hydrogens (tertiary/aromatic N) is 4. The third kappa shape index (κ3) is 2.98. The number of imide groups is 1. The Bertz CT molecular complexity index is 1050. The van der Waals surface area contributed by atoms with E-state index in [-0.39, 0.29) is 22.7 Å². The standard InChI is InChI=1S/C18H14N4O7/c1-11(23)18(2)16(24)19(12-3-7-14(8-4-12)21(26)27)17(25)20(18)13-5-9-15(10-6-13)22(28)29/h3-10H,1-2H3. The maximum Gasteiger partial charge on any atom is 0.337 e. The van der Waals surface area contributed by atoms with Gasteiger partial charge < -0.3 is 0 Å². The number of carbonyl (C=O) groups is 3. The monoisotopic (exact) mass is 398 g/mol. The molecule has 0 radical (unpaired) electrons.